The molecule has 1 saturated heterocycles. The lowest BCUT2D eigenvalue weighted by Crippen LogP contribution is -2.45. The van der Waals surface area contributed by atoms with Crippen LogP contribution in [0.3, 0.4) is 0 Å². The predicted molar refractivity (Wildman–Crippen MR) is 45.9 cm³/mol. The highest BCUT2D eigenvalue weighted by atomic mass is 28.3. The van der Waals surface area contributed by atoms with Crippen molar-refractivity contribution in [2.45, 2.75) is 13.8 Å². The molecule has 0 spiro atoms. The molecule has 0 radical (unpaired) electrons. The van der Waals surface area contributed by atoms with Crippen LogP contribution in [0, 0.1) is 5.41 Å². The lowest BCUT2D eigenvalue weighted by molar-refractivity contribution is -0.0499. The molecule has 0 aromatic rings. The van der Waals surface area contributed by atoms with Crippen molar-refractivity contribution in [1.29, 1.82) is 0 Å². The molecule has 0 aliphatic carbocycles. The maximum Gasteiger partial charge on any atom is 0.484 e. The number of rotatable bonds is 3. The minimum atomic E-state index is -1.83. The lowest BCUT2D eigenvalue weighted by atomic mass is 9.95. The Balaban J connectivity index is 2.29. The topological polar surface area (TPSA) is 47.9 Å². The predicted octanol–water partition coefficient (Wildman–Crippen LogP) is -0.215. The Morgan fingerprint density at radius 1 is 1.50 bits per heavy atom. The van der Waals surface area contributed by atoms with Gasteiger partial charge in [0, 0.05) is 25.2 Å². The molecule has 0 bridgehead atoms. The van der Waals surface area contributed by atoms with E-state index in [0.29, 0.717) is 19.8 Å². The molecule has 1 aliphatic heterocycles. The van der Waals surface area contributed by atoms with E-state index in [1.807, 2.05) is 13.8 Å². The quantitative estimate of drug-likeness (QED) is 0.628. The summed E-state index contributed by atoms with van der Waals surface area (Å²) in [6, 6.07) is 0. The second-order valence-corrected chi connectivity index (χ2v) is 4.91. The highest BCUT2D eigenvalue weighted by Crippen LogP contribution is 2.21. The van der Waals surface area contributed by atoms with Gasteiger partial charge in [0.2, 0.25) is 0 Å². The summed E-state index contributed by atoms with van der Waals surface area (Å²) in [5.41, 5.74) is -0.236. The van der Waals surface area contributed by atoms with Crippen molar-refractivity contribution >= 4 is 9.53 Å². The molecule has 1 N–H and O–H groups in total. The Kier molecular flexibility index (Phi) is 3.67. The van der Waals surface area contributed by atoms with E-state index in [2.05, 4.69) is 0 Å². The van der Waals surface area contributed by atoms with Gasteiger partial charge in [-0.25, -0.2) is 0 Å². The van der Waals surface area contributed by atoms with Crippen LogP contribution in [0.2, 0.25) is 0 Å². The fourth-order valence-corrected chi connectivity index (χ4v) is 2.59. The molecule has 12 heavy (non-hydrogen) atoms. The summed E-state index contributed by atoms with van der Waals surface area (Å²) in [5.74, 6) is 0. The van der Waals surface area contributed by atoms with Crippen LogP contribution < -0.4 is 0 Å². The van der Waals surface area contributed by atoms with Crippen molar-refractivity contribution < 1.29 is 18.4 Å². The first-order valence-electron chi connectivity index (χ1n) is 4.16. The minimum absolute atomic E-state index is 0.0975. The van der Waals surface area contributed by atoms with E-state index in [1.165, 1.54) is 0 Å². The first-order chi connectivity index (χ1) is 5.70. The third-order valence-electron chi connectivity index (χ3n) is 1.82. The van der Waals surface area contributed by atoms with Gasteiger partial charge in [-0.1, -0.05) is 6.92 Å². The number of aliphatic hydroxyl groups is 1. The smallest absolute Gasteiger partial charge is 0.396 e. The average molecular weight is 192 g/mol. The largest absolute Gasteiger partial charge is 0.484 e. The van der Waals surface area contributed by atoms with E-state index in [0.717, 1.165) is 0 Å². The molecular formula is C7H16O4Si. The van der Waals surface area contributed by atoms with Crippen LogP contribution in [0.5, 0.6) is 0 Å². The second-order valence-electron chi connectivity index (χ2n) is 3.33. The molecular weight excluding hydrogens is 176 g/mol. The van der Waals surface area contributed by atoms with Crippen molar-refractivity contribution in [2.75, 3.05) is 26.4 Å². The average Bonchev–Trinajstić information content (AvgIpc) is 2.10. The fourth-order valence-electron chi connectivity index (χ4n) is 0.952. The molecule has 1 heterocycles. The monoisotopic (exact) mass is 192 g/mol. The van der Waals surface area contributed by atoms with E-state index < -0.39 is 9.53 Å². The van der Waals surface area contributed by atoms with Crippen LogP contribution in [0.4, 0.5) is 0 Å². The molecule has 72 valence electrons. The van der Waals surface area contributed by atoms with E-state index in [-0.39, 0.29) is 12.0 Å². The molecule has 0 aromatic carbocycles. The molecule has 0 unspecified atom stereocenters. The van der Waals surface area contributed by atoms with Gasteiger partial charge in [-0.05, 0) is 6.92 Å². The standard InChI is InChI=1S/C7H16O4Si/c1-3-9-12-10-5-7(2,4-8)6-11-12/h8,12H,3-6H2,1-2H3. The van der Waals surface area contributed by atoms with Gasteiger partial charge in [0.05, 0.1) is 6.61 Å². The van der Waals surface area contributed by atoms with Gasteiger partial charge in [-0.2, -0.15) is 0 Å². The van der Waals surface area contributed by atoms with Crippen LogP contribution >= 0.6 is 0 Å². The first-order valence-corrected chi connectivity index (χ1v) is 5.57. The normalized spacial score (nSPS) is 36.8. The van der Waals surface area contributed by atoms with Gasteiger partial charge in [0.1, 0.15) is 0 Å². The molecule has 0 amide bonds. The summed E-state index contributed by atoms with van der Waals surface area (Å²) in [5, 5.41) is 8.98. The molecule has 5 heteroatoms. The van der Waals surface area contributed by atoms with E-state index in [1.54, 1.807) is 0 Å². The van der Waals surface area contributed by atoms with Gasteiger partial charge in [-0.15, -0.1) is 0 Å². The van der Waals surface area contributed by atoms with Gasteiger partial charge in [0.15, 0.2) is 0 Å². The maximum absolute atomic E-state index is 8.98. The van der Waals surface area contributed by atoms with Crippen molar-refractivity contribution in [3.63, 3.8) is 0 Å². The minimum Gasteiger partial charge on any atom is -0.396 e. The third-order valence-corrected chi connectivity index (χ3v) is 3.30. The first kappa shape index (κ1) is 10.1. The van der Waals surface area contributed by atoms with Gasteiger partial charge < -0.3 is 18.4 Å². The molecule has 1 aliphatic rings. The van der Waals surface area contributed by atoms with Crippen LogP contribution in [0.25, 0.3) is 0 Å². The molecule has 0 atom stereocenters. The van der Waals surface area contributed by atoms with Gasteiger partial charge in [0.25, 0.3) is 0 Å². The zero-order valence-corrected chi connectivity index (χ0v) is 8.73. The van der Waals surface area contributed by atoms with E-state index in [4.69, 9.17) is 18.4 Å². The maximum atomic E-state index is 8.98. The van der Waals surface area contributed by atoms with Crippen LogP contribution in [-0.4, -0.2) is 41.1 Å². The Morgan fingerprint density at radius 2 is 2.08 bits per heavy atom. The number of hydrogen-bond donors (Lipinski definition) is 1. The molecule has 1 rings (SSSR count). The Morgan fingerprint density at radius 3 is 2.50 bits per heavy atom. The molecule has 0 saturated carbocycles. The third kappa shape index (κ3) is 2.53. The van der Waals surface area contributed by atoms with E-state index >= 15 is 0 Å². The molecule has 1 fully saturated rings. The molecule has 0 aromatic heterocycles. The van der Waals surface area contributed by atoms with Gasteiger partial charge in [-0.3, -0.25) is 0 Å². The Labute approximate surface area is 74.4 Å². The van der Waals surface area contributed by atoms with Crippen LogP contribution in [0.1, 0.15) is 13.8 Å². The number of aliphatic hydroxyl groups excluding tert-OH is 1. The summed E-state index contributed by atoms with van der Waals surface area (Å²) in [4.78, 5) is 0. The summed E-state index contributed by atoms with van der Waals surface area (Å²) in [6.45, 7) is 5.66. The Bertz CT molecular complexity index is 133. The van der Waals surface area contributed by atoms with Crippen molar-refractivity contribution in [3.05, 3.63) is 0 Å². The highest BCUT2D eigenvalue weighted by molar-refractivity contribution is 6.36. The summed E-state index contributed by atoms with van der Waals surface area (Å²) in [7, 11) is -1.83. The summed E-state index contributed by atoms with van der Waals surface area (Å²) in [6.07, 6.45) is 0. The zero-order chi connectivity index (χ0) is 9.03. The SMILES string of the molecule is CCO[SiH]1OCC(C)(CO)CO1. The second kappa shape index (κ2) is 4.34. The summed E-state index contributed by atoms with van der Waals surface area (Å²) < 4.78 is 16.0. The van der Waals surface area contributed by atoms with Crippen LogP contribution in [-0.2, 0) is 13.3 Å². The zero-order valence-electron chi connectivity index (χ0n) is 7.58. The van der Waals surface area contributed by atoms with Crippen molar-refractivity contribution in [1.82, 2.24) is 0 Å². The lowest BCUT2D eigenvalue weighted by Gasteiger charge is -2.34. The van der Waals surface area contributed by atoms with E-state index in [9.17, 15) is 0 Å². The van der Waals surface area contributed by atoms with Crippen LogP contribution in [0.15, 0.2) is 0 Å². The number of hydrogen-bond acceptors (Lipinski definition) is 4. The fraction of sp³-hybridized carbons (Fsp3) is 1.00. The van der Waals surface area contributed by atoms with Crippen molar-refractivity contribution in [3.8, 4) is 0 Å². The Hall–Kier alpha value is 0.0569. The molecule has 4 nitrogen and oxygen atoms in total. The van der Waals surface area contributed by atoms with Gasteiger partial charge >= 0.3 is 9.53 Å². The van der Waals surface area contributed by atoms with Crippen molar-refractivity contribution in [2.24, 2.45) is 5.41 Å². The highest BCUT2D eigenvalue weighted by Gasteiger charge is 2.33. The summed E-state index contributed by atoms with van der Waals surface area (Å²) >= 11 is 0.